The number of amides is 1. The van der Waals surface area contributed by atoms with E-state index in [9.17, 15) is 9.59 Å². The van der Waals surface area contributed by atoms with Crippen molar-refractivity contribution in [2.24, 2.45) is 0 Å². The van der Waals surface area contributed by atoms with Crippen molar-refractivity contribution in [3.8, 4) is 0 Å². The summed E-state index contributed by atoms with van der Waals surface area (Å²) >= 11 is 4.75. The van der Waals surface area contributed by atoms with Gasteiger partial charge in [0.1, 0.15) is 6.61 Å². The molecule has 2 rings (SSSR count). The molecule has 1 aromatic carbocycles. The van der Waals surface area contributed by atoms with Crippen LogP contribution in [0.15, 0.2) is 45.6 Å². The lowest BCUT2D eigenvalue weighted by Crippen LogP contribution is -2.30. The largest absolute Gasteiger partial charge is 0.481 e. The molecule has 0 aliphatic heterocycles. The quantitative estimate of drug-likeness (QED) is 0.791. The van der Waals surface area contributed by atoms with E-state index in [1.807, 2.05) is 30.3 Å². The van der Waals surface area contributed by atoms with Crippen molar-refractivity contribution >= 4 is 39.3 Å². The molecule has 0 bridgehead atoms. The first-order valence-corrected chi connectivity index (χ1v) is 8.15. The number of carboxylic acid groups (broad SMARTS) is 1. The molecule has 0 radical (unpaired) electrons. The van der Waals surface area contributed by atoms with Crippen LogP contribution in [0.25, 0.3) is 0 Å². The third-order valence-corrected chi connectivity index (χ3v) is 4.40. The van der Waals surface area contributed by atoms with E-state index < -0.39 is 18.1 Å². The molecule has 116 valence electrons. The lowest BCUT2D eigenvalue weighted by atomic mass is 10.1. The molecule has 0 aliphatic rings. The molecule has 0 saturated carbocycles. The molecule has 1 aromatic heterocycles. The maximum atomic E-state index is 11.9. The average Bonchev–Trinajstić information content (AvgIpc) is 2.92. The highest BCUT2D eigenvalue weighted by molar-refractivity contribution is 9.11. The van der Waals surface area contributed by atoms with Gasteiger partial charge in [0.25, 0.3) is 0 Å². The number of aliphatic carboxylic acids is 1. The van der Waals surface area contributed by atoms with E-state index in [0.29, 0.717) is 0 Å². The summed E-state index contributed by atoms with van der Waals surface area (Å²) in [6.07, 6.45) is -0.846. The number of benzene rings is 1. The summed E-state index contributed by atoms with van der Waals surface area (Å²) in [5.74, 6) is -0.990. The van der Waals surface area contributed by atoms with Crippen LogP contribution in [0, 0.1) is 0 Å². The fraction of sp³-hybridized carbons (Fsp3) is 0.200. The zero-order chi connectivity index (χ0) is 15.9. The first kappa shape index (κ1) is 16.5. The third-order valence-electron chi connectivity index (χ3n) is 2.87. The fourth-order valence-electron chi connectivity index (χ4n) is 1.84. The predicted molar refractivity (Wildman–Crippen MR) is 86.8 cm³/mol. The van der Waals surface area contributed by atoms with E-state index in [1.54, 1.807) is 11.4 Å². The van der Waals surface area contributed by atoms with Crippen LogP contribution < -0.4 is 5.32 Å². The highest BCUT2D eigenvalue weighted by atomic mass is 79.9. The lowest BCUT2D eigenvalue weighted by molar-refractivity contribution is -0.137. The second-order valence-electron chi connectivity index (χ2n) is 4.54. The second-order valence-corrected chi connectivity index (χ2v) is 6.83. The van der Waals surface area contributed by atoms with Gasteiger partial charge < -0.3 is 15.2 Å². The van der Waals surface area contributed by atoms with Gasteiger partial charge in [0.15, 0.2) is 0 Å². The lowest BCUT2D eigenvalue weighted by Gasteiger charge is -2.15. The molecule has 0 spiro atoms. The second kappa shape index (κ2) is 7.95. The van der Waals surface area contributed by atoms with Crippen LogP contribution in [-0.4, -0.2) is 17.2 Å². The SMILES string of the molecule is O=C(O)C[C@H](NC(=O)OCc1ccccc1)c1csc(Br)c1. The topological polar surface area (TPSA) is 75.6 Å². The van der Waals surface area contributed by atoms with E-state index >= 15 is 0 Å². The zero-order valence-corrected chi connectivity index (χ0v) is 13.9. The van der Waals surface area contributed by atoms with E-state index in [0.717, 1.165) is 14.9 Å². The molecule has 0 unspecified atom stereocenters. The molecule has 7 heteroatoms. The number of hydrogen-bond donors (Lipinski definition) is 2. The van der Waals surface area contributed by atoms with Gasteiger partial charge in [0.2, 0.25) is 0 Å². The Morgan fingerprint density at radius 1 is 1.32 bits per heavy atom. The minimum Gasteiger partial charge on any atom is -0.481 e. The predicted octanol–water partition coefficient (Wildman–Crippen LogP) is 3.95. The van der Waals surface area contributed by atoms with E-state index in [4.69, 9.17) is 9.84 Å². The van der Waals surface area contributed by atoms with Crippen molar-refractivity contribution in [1.82, 2.24) is 5.32 Å². The number of carbonyl (C=O) groups excluding carboxylic acids is 1. The highest BCUT2D eigenvalue weighted by Crippen LogP contribution is 2.27. The smallest absolute Gasteiger partial charge is 0.407 e. The van der Waals surface area contributed by atoms with Gasteiger partial charge in [0.05, 0.1) is 16.2 Å². The van der Waals surface area contributed by atoms with E-state index in [-0.39, 0.29) is 13.0 Å². The van der Waals surface area contributed by atoms with Gasteiger partial charge in [-0.1, -0.05) is 30.3 Å². The van der Waals surface area contributed by atoms with Crippen LogP contribution in [0.1, 0.15) is 23.6 Å². The number of halogens is 1. The molecule has 1 amide bonds. The standard InChI is InChI=1S/C15H14BrNO4S/c16-13-6-11(9-22-13)12(7-14(18)19)17-15(20)21-8-10-4-2-1-3-5-10/h1-6,9,12H,7-8H2,(H,17,20)(H,18,19)/t12-/m0/s1. The first-order valence-electron chi connectivity index (χ1n) is 6.47. The van der Waals surface area contributed by atoms with Crippen molar-refractivity contribution in [2.45, 2.75) is 19.1 Å². The molecule has 1 heterocycles. The summed E-state index contributed by atoms with van der Waals surface area (Å²) in [5, 5.41) is 13.4. The molecule has 2 N–H and O–H groups in total. The van der Waals surface area contributed by atoms with Gasteiger partial charge in [0, 0.05) is 0 Å². The summed E-state index contributed by atoms with van der Waals surface area (Å²) in [5.41, 5.74) is 1.60. The summed E-state index contributed by atoms with van der Waals surface area (Å²) < 4.78 is 5.99. The average molecular weight is 384 g/mol. The van der Waals surface area contributed by atoms with E-state index in [1.165, 1.54) is 11.3 Å². The van der Waals surface area contributed by atoms with Crippen LogP contribution in [0.2, 0.25) is 0 Å². The fourth-order valence-corrected chi connectivity index (χ4v) is 3.07. The Bertz CT molecular complexity index is 644. The Morgan fingerprint density at radius 2 is 2.05 bits per heavy atom. The maximum Gasteiger partial charge on any atom is 0.407 e. The minimum absolute atomic E-state index is 0.139. The van der Waals surface area contributed by atoms with Crippen LogP contribution in [0.3, 0.4) is 0 Å². The molecule has 0 saturated heterocycles. The Kier molecular flexibility index (Phi) is 5.97. The van der Waals surface area contributed by atoms with Crippen molar-refractivity contribution in [2.75, 3.05) is 0 Å². The number of ether oxygens (including phenoxy) is 1. The number of alkyl carbamates (subject to hydrolysis) is 1. The minimum atomic E-state index is -0.990. The number of hydrogen-bond acceptors (Lipinski definition) is 4. The van der Waals surface area contributed by atoms with Gasteiger partial charge in [-0.3, -0.25) is 4.79 Å². The molecule has 5 nitrogen and oxygen atoms in total. The molecule has 1 atom stereocenters. The molecular formula is C15H14BrNO4S. The highest BCUT2D eigenvalue weighted by Gasteiger charge is 2.20. The summed E-state index contributed by atoms with van der Waals surface area (Å²) in [4.78, 5) is 22.8. The van der Waals surface area contributed by atoms with Crippen LogP contribution in [0.4, 0.5) is 4.79 Å². The van der Waals surface area contributed by atoms with Gasteiger partial charge >= 0.3 is 12.1 Å². The normalized spacial score (nSPS) is 11.7. The van der Waals surface area contributed by atoms with Crippen molar-refractivity contribution in [3.05, 3.63) is 56.7 Å². The molecule has 22 heavy (non-hydrogen) atoms. The van der Waals surface area contributed by atoms with Crippen molar-refractivity contribution in [3.63, 3.8) is 0 Å². The Hall–Kier alpha value is -1.86. The first-order chi connectivity index (χ1) is 10.5. The van der Waals surface area contributed by atoms with Gasteiger partial charge in [-0.05, 0) is 38.5 Å². The molecule has 0 fully saturated rings. The molecular weight excluding hydrogens is 370 g/mol. The van der Waals surface area contributed by atoms with Gasteiger partial charge in [-0.2, -0.15) is 0 Å². The molecule has 2 aromatic rings. The van der Waals surface area contributed by atoms with E-state index in [2.05, 4.69) is 21.2 Å². The number of carboxylic acids is 1. The number of nitrogens with one attached hydrogen (secondary N) is 1. The maximum absolute atomic E-state index is 11.9. The van der Waals surface area contributed by atoms with Gasteiger partial charge in [-0.25, -0.2) is 4.79 Å². The molecule has 0 aliphatic carbocycles. The number of carbonyl (C=O) groups is 2. The van der Waals surface area contributed by atoms with Crippen LogP contribution >= 0.6 is 27.3 Å². The summed E-state index contributed by atoms with van der Waals surface area (Å²) in [6, 6.07) is 10.4. The summed E-state index contributed by atoms with van der Waals surface area (Å²) in [6.45, 7) is 0.139. The Labute approximate surface area is 140 Å². The number of rotatable bonds is 6. The van der Waals surface area contributed by atoms with Crippen molar-refractivity contribution in [1.29, 1.82) is 0 Å². The van der Waals surface area contributed by atoms with Crippen LogP contribution in [0.5, 0.6) is 0 Å². The van der Waals surface area contributed by atoms with Gasteiger partial charge in [-0.15, -0.1) is 11.3 Å². The third kappa shape index (κ3) is 5.16. The zero-order valence-electron chi connectivity index (χ0n) is 11.5. The van der Waals surface area contributed by atoms with Crippen LogP contribution in [-0.2, 0) is 16.1 Å². The van der Waals surface area contributed by atoms with Crippen molar-refractivity contribution < 1.29 is 19.4 Å². The Balaban J connectivity index is 1.94. The summed E-state index contributed by atoms with van der Waals surface area (Å²) in [7, 11) is 0. The Morgan fingerprint density at radius 3 is 2.64 bits per heavy atom. The monoisotopic (exact) mass is 383 g/mol. The number of thiophene rings is 1.